The molecule has 1 N–H and O–H groups in total. The van der Waals surface area contributed by atoms with Crippen molar-refractivity contribution in [2.24, 2.45) is 0 Å². The topological polar surface area (TPSA) is 61.9 Å². The first-order valence-electron chi connectivity index (χ1n) is 6.91. The van der Waals surface area contributed by atoms with Gasteiger partial charge >= 0.3 is 0 Å². The largest absolute Gasteiger partial charge is 0.336 e. The molecule has 0 unspecified atom stereocenters. The molecule has 0 saturated carbocycles. The van der Waals surface area contributed by atoms with E-state index in [2.05, 4.69) is 22.3 Å². The number of nitrogens with one attached hydrogen (secondary N) is 1. The van der Waals surface area contributed by atoms with Gasteiger partial charge in [-0.25, -0.2) is 0 Å². The van der Waals surface area contributed by atoms with Crippen LogP contribution in [0.4, 0.5) is 0 Å². The standard InChI is InChI=1S/C14H18N4O/c1-2-11-5-3-4-8-18(11)14(19)10-6-7-12-13(9-10)16-17-15-12/h6-7,9,11H,2-5,8H2,1H3,(H,15,16,17)/t11-/m0/s1. The minimum Gasteiger partial charge on any atom is -0.336 e. The molecular formula is C14H18N4O. The van der Waals surface area contributed by atoms with Crippen LogP contribution in [0.1, 0.15) is 43.0 Å². The number of fused-ring (bicyclic) bond motifs is 1. The number of hydrogen-bond donors (Lipinski definition) is 1. The van der Waals surface area contributed by atoms with Gasteiger partial charge in [0.25, 0.3) is 5.91 Å². The molecule has 1 saturated heterocycles. The number of piperidine rings is 1. The third-order valence-electron chi connectivity index (χ3n) is 3.92. The van der Waals surface area contributed by atoms with Crippen molar-refractivity contribution in [3.8, 4) is 0 Å². The maximum atomic E-state index is 12.6. The summed E-state index contributed by atoms with van der Waals surface area (Å²) in [5.41, 5.74) is 2.25. The van der Waals surface area contributed by atoms with Gasteiger partial charge in [0, 0.05) is 18.2 Å². The Morgan fingerprint density at radius 1 is 1.37 bits per heavy atom. The van der Waals surface area contributed by atoms with Crippen LogP contribution in [-0.2, 0) is 0 Å². The van der Waals surface area contributed by atoms with Crippen LogP contribution >= 0.6 is 0 Å². The Labute approximate surface area is 112 Å². The van der Waals surface area contributed by atoms with E-state index in [-0.39, 0.29) is 5.91 Å². The van der Waals surface area contributed by atoms with E-state index in [1.165, 1.54) is 6.42 Å². The lowest BCUT2D eigenvalue weighted by molar-refractivity contribution is 0.0608. The van der Waals surface area contributed by atoms with Gasteiger partial charge in [-0.05, 0) is 43.9 Å². The fraction of sp³-hybridized carbons (Fsp3) is 0.500. The van der Waals surface area contributed by atoms with Crippen molar-refractivity contribution in [1.29, 1.82) is 0 Å². The van der Waals surface area contributed by atoms with Crippen molar-refractivity contribution < 1.29 is 4.79 Å². The molecule has 1 aliphatic rings. The summed E-state index contributed by atoms with van der Waals surface area (Å²) >= 11 is 0. The maximum Gasteiger partial charge on any atom is 0.254 e. The molecule has 1 atom stereocenters. The Bertz CT molecular complexity index is 592. The van der Waals surface area contributed by atoms with Crippen molar-refractivity contribution in [1.82, 2.24) is 20.3 Å². The normalized spacial score (nSPS) is 19.8. The van der Waals surface area contributed by atoms with Crippen LogP contribution < -0.4 is 0 Å². The predicted octanol–water partition coefficient (Wildman–Crippen LogP) is 2.36. The average Bonchev–Trinajstić information content (AvgIpc) is 2.93. The van der Waals surface area contributed by atoms with E-state index in [0.29, 0.717) is 11.6 Å². The van der Waals surface area contributed by atoms with E-state index in [0.717, 1.165) is 36.8 Å². The molecule has 2 heterocycles. The molecule has 0 aliphatic carbocycles. The van der Waals surface area contributed by atoms with E-state index in [1.807, 2.05) is 23.1 Å². The van der Waals surface area contributed by atoms with E-state index in [1.54, 1.807) is 0 Å². The highest BCUT2D eigenvalue weighted by Gasteiger charge is 2.26. The Kier molecular flexibility index (Phi) is 3.19. The number of rotatable bonds is 2. The summed E-state index contributed by atoms with van der Waals surface area (Å²) in [6, 6.07) is 5.89. The van der Waals surface area contributed by atoms with E-state index < -0.39 is 0 Å². The summed E-state index contributed by atoms with van der Waals surface area (Å²) < 4.78 is 0. The monoisotopic (exact) mass is 258 g/mol. The lowest BCUT2D eigenvalue weighted by Gasteiger charge is -2.35. The Balaban J connectivity index is 1.89. The zero-order valence-corrected chi connectivity index (χ0v) is 11.1. The zero-order valence-electron chi connectivity index (χ0n) is 11.1. The van der Waals surface area contributed by atoms with Crippen molar-refractivity contribution in [2.75, 3.05) is 6.54 Å². The SMILES string of the molecule is CC[C@H]1CCCCN1C(=O)c1ccc2n[nH]nc2c1. The van der Waals surface area contributed by atoms with E-state index in [4.69, 9.17) is 0 Å². The number of aromatic nitrogens is 3. The lowest BCUT2D eigenvalue weighted by atomic mass is 9.99. The average molecular weight is 258 g/mol. The molecule has 100 valence electrons. The minimum atomic E-state index is 0.122. The molecule has 0 bridgehead atoms. The summed E-state index contributed by atoms with van der Waals surface area (Å²) in [6.45, 7) is 3.02. The third-order valence-corrected chi connectivity index (χ3v) is 3.92. The van der Waals surface area contributed by atoms with Gasteiger partial charge in [0.2, 0.25) is 0 Å². The molecule has 1 amide bonds. The molecular weight excluding hydrogens is 240 g/mol. The number of hydrogen-bond acceptors (Lipinski definition) is 3. The first-order chi connectivity index (χ1) is 9.29. The lowest BCUT2D eigenvalue weighted by Crippen LogP contribution is -2.43. The number of aromatic amines is 1. The summed E-state index contributed by atoms with van der Waals surface area (Å²) in [4.78, 5) is 14.6. The van der Waals surface area contributed by atoms with Crippen LogP contribution in [0.2, 0.25) is 0 Å². The molecule has 1 fully saturated rings. The molecule has 1 aromatic carbocycles. The maximum absolute atomic E-state index is 12.6. The smallest absolute Gasteiger partial charge is 0.254 e. The fourth-order valence-electron chi connectivity index (χ4n) is 2.83. The number of H-pyrrole nitrogens is 1. The second-order valence-corrected chi connectivity index (χ2v) is 5.08. The predicted molar refractivity (Wildman–Crippen MR) is 72.9 cm³/mol. The highest BCUT2D eigenvalue weighted by Crippen LogP contribution is 2.22. The third kappa shape index (κ3) is 2.20. The van der Waals surface area contributed by atoms with Crippen molar-refractivity contribution in [3.63, 3.8) is 0 Å². The number of carbonyl (C=O) groups is 1. The van der Waals surface area contributed by atoms with Crippen LogP contribution in [0, 0.1) is 0 Å². The number of nitrogens with zero attached hydrogens (tertiary/aromatic N) is 3. The van der Waals surface area contributed by atoms with Crippen LogP contribution in [0.3, 0.4) is 0 Å². The van der Waals surface area contributed by atoms with Crippen LogP contribution in [0.15, 0.2) is 18.2 Å². The second-order valence-electron chi connectivity index (χ2n) is 5.08. The quantitative estimate of drug-likeness (QED) is 0.899. The molecule has 5 nitrogen and oxygen atoms in total. The van der Waals surface area contributed by atoms with Gasteiger partial charge in [-0.1, -0.05) is 6.92 Å². The highest BCUT2D eigenvalue weighted by atomic mass is 16.2. The zero-order chi connectivity index (χ0) is 13.2. The van der Waals surface area contributed by atoms with Crippen molar-refractivity contribution in [3.05, 3.63) is 23.8 Å². The van der Waals surface area contributed by atoms with E-state index >= 15 is 0 Å². The van der Waals surface area contributed by atoms with Gasteiger partial charge < -0.3 is 4.90 Å². The molecule has 3 rings (SSSR count). The molecule has 0 spiro atoms. The molecule has 1 aliphatic heterocycles. The first kappa shape index (κ1) is 12.1. The summed E-state index contributed by atoms with van der Waals surface area (Å²) in [5.74, 6) is 0.122. The molecule has 1 aromatic heterocycles. The van der Waals surface area contributed by atoms with Crippen molar-refractivity contribution in [2.45, 2.75) is 38.6 Å². The van der Waals surface area contributed by atoms with Gasteiger partial charge in [-0.15, -0.1) is 0 Å². The fourth-order valence-corrected chi connectivity index (χ4v) is 2.83. The van der Waals surface area contributed by atoms with Gasteiger partial charge in [0.15, 0.2) is 0 Å². The molecule has 0 radical (unpaired) electrons. The number of benzene rings is 1. The Hall–Kier alpha value is -1.91. The van der Waals surface area contributed by atoms with Gasteiger partial charge in [-0.3, -0.25) is 4.79 Å². The summed E-state index contributed by atoms with van der Waals surface area (Å²) in [6.07, 6.45) is 4.48. The van der Waals surface area contributed by atoms with Crippen LogP contribution in [0.25, 0.3) is 11.0 Å². The highest BCUT2D eigenvalue weighted by molar-refractivity contribution is 5.97. The first-order valence-corrected chi connectivity index (χ1v) is 6.91. The van der Waals surface area contributed by atoms with Crippen molar-refractivity contribution >= 4 is 16.9 Å². The molecule has 2 aromatic rings. The summed E-state index contributed by atoms with van der Waals surface area (Å²) in [7, 11) is 0. The number of amides is 1. The van der Waals surface area contributed by atoms with Gasteiger partial charge in [0.1, 0.15) is 11.0 Å². The van der Waals surface area contributed by atoms with Crippen LogP contribution in [-0.4, -0.2) is 38.8 Å². The number of carbonyl (C=O) groups excluding carboxylic acids is 1. The second kappa shape index (κ2) is 4.99. The Morgan fingerprint density at radius 3 is 3.05 bits per heavy atom. The van der Waals surface area contributed by atoms with E-state index in [9.17, 15) is 4.79 Å². The van der Waals surface area contributed by atoms with Crippen LogP contribution in [0.5, 0.6) is 0 Å². The molecule has 5 heteroatoms. The van der Waals surface area contributed by atoms with Gasteiger partial charge in [-0.2, -0.15) is 15.4 Å². The molecule has 19 heavy (non-hydrogen) atoms. The Morgan fingerprint density at radius 2 is 2.21 bits per heavy atom. The van der Waals surface area contributed by atoms with Gasteiger partial charge in [0.05, 0.1) is 0 Å². The summed E-state index contributed by atoms with van der Waals surface area (Å²) in [5, 5.41) is 10.6. The minimum absolute atomic E-state index is 0.122. The number of likely N-dealkylation sites (tertiary alicyclic amines) is 1.